The van der Waals surface area contributed by atoms with Crippen LogP contribution in [0.1, 0.15) is 24.0 Å². The minimum absolute atomic E-state index is 0.0282. The summed E-state index contributed by atoms with van der Waals surface area (Å²) in [5.74, 6) is -0.550. The van der Waals surface area contributed by atoms with Gasteiger partial charge in [0.2, 0.25) is 26.0 Å². The van der Waals surface area contributed by atoms with Gasteiger partial charge in [-0.05, 0) is 72.5 Å². The molecule has 0 unspecified atom stereocenters. The van der Waals surface area contributed by atoms with E-state index in [4.69, 9.17) is 34.8 Å². The number of carbonyl (C=O) groups excluding carboxylic acids is 1. The molecule has 4 rings (SSSR count). The molecule has 1 saturated heterocycles. The summed E-state index contributed by atoms with van der Waals surface area (Å²) in [6.07, 6.45) is 1.69. The average molecular weight is 631 g/mol. The second-order valence-electron chi connectivity index (χ2n) is 8.99. The van der Waals surface area contributed by atoms with E-state index in [0.717, 1.165) is 17.1 Å². The summed E-state index contributed by atoms with van der Waals surface area (Å²) < 4.78 is 54.8. The fraction of sp³-hybridized carbons (Fsp3) is 0.269. The number of sulfonamides is 2. The first-order valence-electron chi connectivity index (χ1n) is 12.0. The normalized spacial score (nSPS) is 14.6. The van der Waals surface area contributed by atoms with Crippen molar-refractivity contribution in [3.63, 3.8) is 0 Å². The smallest absolute Gasteiger partial charge is 0.243 e. The molecule has 0 aromatic heterocycles. The molecule has 39 heavy (non-hydrogen) atoms. The lowest BCUT2D eigenvalue weighted by atomic mass is 10.2. The van der Waals surface area contributed by atoms with Crippen LogP contribution in [0.2, 0.25) is 15.1 Å². The highest BCUT2D eigenvalue weighted by Gasteiger charge is 2.28. The zero-order valence-corrected chi connectivity index (χ0v) is 24.6. The molecule has 0 saturated carbocycles. The van der Waals surface area contributed by atoms with Crippen LogP contribution in [0.4, 0.5) is 0 Å². The maximum Gasteiger partial charge on any atom is 0.243 e. The first-order chi connectivity index (χ1) is 18.5. The van der Waals surface area contributed by atoms with Crippen LogP contribution in [0.25, 0.3) is 0 Å². The number of hydrogen-bond donors (Lipinski definition) is 1. The number of nitrogens with zero attached hydrogens (tertiary/aromatic N) is 2. The third-order valence-electron chi connectivity index (χ3n) is 6.25. The van der Waals surface area contributed by atoms with Gasteiger partial charge in [-0.25, -0.2) is 16.8 Å². The van der Waals surface area contributed by atoms with E-state index in [1.807, 2.05) is 0 Å². The predicted octanol–water partition coefficient (Wildman–Crippen LogP) is 4.94. The molecule has 0 atom stereocenters. The molecular formula is C26H26Cl3N3O5S2. The van der Waals surface area contributed by atoms with E-state index in [1.54, 1.807) is 24.3 Å². The Morgan fingerprint density at radius 3 is 2.03 bits per heavy atom. The summed E-state index contributed by atoms with van der Waals surface area (Å²) in [5.41, 5.74) is 1.14. The number of nitrogens with one attached hydrogen (secondary N) is 1. The predicted molar refractivity (Wildman–Crippen MR) is 152 cm³/mol. The third kappa shape index (κ3) is 7.32. The molecule has 1 heterocycles. The largest absolute Gasteiger partial charge is 0.351 e. The SMILES string of the molecule is O=C(CN(Cc1ccc(Cl)cc1Cl)S(=O)(=O)c1ccc(Cl)cc1)NCc1ccc(S(=O)(=O)N2CCCC2)cc1. The standard InChI is InChI=1S/C26H26Cl3N3O5S2/c27-21-7-11-24(12-8-21)39(36,37)32(17-20-5-6-22(28)15-25(20)29)18-26(33)30-16-19-3-9-23(10-4-19)38(34,35)31-13-1-2-14-31/h3-12,15H,1-2,13-14,16-18H2,(H,30,33). The zero-order valence-electron chi connectivity index (χ0n) is 20.7. The van der Waals surface area contributed by atoms with Gasteiger partial charge >= 0.3 is 0 Å². The van der Waals surface area contributed by atoms with Crippen LogP contribution in [0.3, 0.4) is 0 Å². The number of carbonyl (C=O) groups is 1. The maximum atomic E-state index is 13.4. The number of rotatable bonds is 10. The van der Waals surface area contributed by atoms with E-state index in [1.165, 1.54) is 46.8 Å². The van der Waals surface area contributed by atoms with Gasteiger partial charge in [0.25, 0.3) is 0 Å². The Morgan fingerprint density at radius 1 is 0.821 bits per heavy atom. The fourth-order valence-electron chi connectivity index (χ4n) is 4.09. The Balaban J connectivity index is 1.47. The number of hydrogen-bond acceptors (Lipinski definition) is 5. The van der Waals surface area contributed by atoms with E-state index >= 15 is 0 Å². The van der Waals surface area contributed by atoms with Gasteiger partial charge in [0.05, 0.1) is 16.3 Å². The van der Waals surface area contributed by atoms with Crippen molar-refractivity contribution in [1.29, 1.82) is 0 Å². The third-order valence-corrected chi connectivity index (χ3v) is 10.8. The number of halogens is 3. The number of amides is 1. The van der Waals surface area contributed by atoms with Crippen molar-refractivity contribution in [2.45, 2.75) is 35.7 Å². The summed E-state index contributed by atoms with van der Waals surface area (Å²) in [6, 6.07) is 16.6. The van der Waals surface area contributed by atoms with E-state index in [2.05, 4.69) is 5.32 Å². The molecule has 208 valence electrons. The lowest BCUT2D eigenvalue weighted by molar-refractivity contribution is -0.121. The first kappa shape index (κ1) is 29.8. The fourth-order valence-corrected chi connectivity index (χ4v) is 7.58. The molecule has 0 bridgehead atoms. The van der Waals surface area contributed by atoms with Gasteiger partial charge < -0.3 is 5.32 Å². The van der Waals surface area contributed by atoms with E-state index in [9.17, 15) is 21.6 Å². The summed E-state index contributed by atoms with van der Waals surface area (Å²) in [5, 5.41) is 3.74. The molecular weight excluding hydrogens is 605 g/mol. The van der Waals surface area contributed by atoms with Gasteiger partial charge in [-0.2, -0.15) is 8.61 Å². The highest BCUT2D eigenvalue weighted by molar-refractivity contribution is 7.89. The Morgan fingerprint density at radius 2 is 1.41 bits per heavy atom. The molecule has 1 amide bonds. The van der Waals surface area contributed by atoms with Crippen molar-refractivity contribution in [1.82, 2.24) is 13.9 Å². The summed E-state index contributed by atoms with van der Waals surface area (Å²) >= 11 is 18.2. The monoisotopic (exact) mass is 629 g/mol. The van der Waals surface area contributed by atoms with Crippen LogP contribution in [-0.2, 0) is 37.9 Å². The van der Waals surface area contributed by atoms with Crippen molar-refractivity contribution in [2.75, 3.05) is 19.6 Å². The van der Waals surface area contributed by atoms with Crippen molar-refractivity contribution < 1.29 is 21.6 Å². The second-order valence-corrected chi connectivity index (χ2v) is 14.2. The van der Waals surface area contributed by atoms with Gasteiger partial charge in [-0.15, -0.1) is 0 Å². The molecule has 8 nitrogen and oxygen atoms in total. The van der Waals surface area contributed by atoms with Gasteiger partial charge in [0.15, 0.2) is 0 Å². The minimum Gasteiger partial charge on any atom is -0.351 e. The molecule has 13 heteroatoms. The van der Waals surface area contributed by atoms with Crippen molar-refractivity contribution >= 4 is 60.8 Å². The Labute approximate surface area is 243 Å². The molecule has 0 radical (unpaired) electrons. The van der Waals surface area contributed by atoms with E-state index in [0.29, 0.717) is 34.3 Å². The zero-order chi connectivity index (χ0) is 28.2. The minimum atomic E-state index is -4.10. The summed E-state index contributed by atoms with van der Waals surface area (Å²) in [4.78, 5) is 13.1. The average Bonchev–Trinajstić information content (AvgIpc) is 3.45. The second kappa shape index (κ2) is 12.6. The van der Waals surface area contributed by atoms with Gasteiger partial charge in [0.1, 0.15) is 0 Å². The lowest BCUT2D eigenvalue weighted by Gasteiger charge is -2.22. The van der Waals surface area contributed by atoms with Crippen LogP contribution in [0, 0.1) is 0 Å². The maximum absolute atomic E-state index is 13.4. The Kier molecular flexibility index (Phi) is 9.59. The first-order valence-corrected chi connectivity index (χ1v) is 16.0. The highest BCUT2D eigenvalue weighted by atomic mass is 35.5. The van der Waals surface area contributed by atoms with Crippen molar-refractivity contribution in [3.05, 3.63) is 92.9 Å². The van der Waals surface area contributed by atoms with Gasteiger partial charge in [0, 0.05) is 41.2 Å². The lowest BCUT2D eigenvalue weighted by Crippen LogP contribution is -2.40. The van der Waals surface area contributed by atoms with Crippen LogP contribution in [0.15, 0.2) is 76.5 Å². The molecule has 1 aliphatic heterocycles. The number of benzene rings is 3. The van der Waals surface area contributed by atoms with Crippen molar-refractivity contribution in [2.24, 2.45) is 0 Å². The van der Waals surface area contributed by atoms with E-state index in [-0.39, 0.29) is 27.9 Å². The van der Waals surface area contributed by atoms with Crippen LogP contribution in [-0.4, -0.2) is 51.0 Å². The molecule has 3 aromatic carbocycles. The molecule has 0 aliphatic carbocycles. The quantitative estimate of drug-likeness (QED) is 0.342. The molecule has 1 aliphatic rings. The molecule has 1 fully saturated rings. The molecule has 0 spiro atoms. The van der Waals surface area contributed by atoms with Crippen LogP contribution < -0.4 is 5.32 Å². The Hall–Kier alpha value is -2.18. The van der Waals surface area contributed by atoms with Crippen LogP contribution in [0.5, 0.6) is 0 Å². The highest BCUT2D eigenvalue weighted by Crippen LogP contribution is 2.26. The van der Waals surface area contributed by atoms with E-state index < -0.39 is 32.5 Å². The van der Waals surface area contributed by atoms with Gasteiger partial charge in [-0.1, -0.05) is 53.0 Å². The Bertz CT molecular complexity index is 1540. The summed E-state index contributed by atoms with van der Waals surface area (Å²) in [7, 11) is -7.64. The van der Waals surface area contributed by atoms with Crippen LogP contribution >= 0.6 is 34.8 Å². The topological polar surface area (TPSA) is 104 Å². The van der Waals surface area contributed by atoms with Crippen molar-refractivity contribution in [3.8, 4) is 0 Å². The summed E-state index contributed by atoms with van der Waals surface area (Å²) in [6.45, 7) is 0.454. The molecule has 3 aromatic rings. The molecule has 1 N–H and O–H groups in total. The van der Waals surface area contributed by atoms with Gasteiger partial charge in [-0.3, -0.25) is 4.79 Å².